The molecule has 24 heavy (non-hydrogen) atoms. The van der Waals surface area contributed by atoms with Gasteiger partial charge in [-0.15, -0.1) is 0 Å². The fraction of sp³-hybridized carbons (Fsp3) is 0.238. The van der Waals surface area contributed by atoms with Crippen LogP contribution in [0.5, 0.6) is 0 Å². The Bertz CT molecular complexity index is 809. The van der Waals surface area contributed by atoms with E-state index in [1.165, 1.54) is 0 Å². The average molecular weight is 318 g/mol. The Morgan fingerprint density at radius 3 is 2.62 bits per heavy atom. The molecule has 1 heterocycles. The Hall–Kier alpha value is -2.68. The van der Waals surface area contributed by atoms with Gasteiger partial charge in [-0.05, 0) is 23.6 Å². The monoisotopic (exact) mass is 318 g/mol. The van der Waals surface area contributed by atoms with E-state index in [2.05, 4.69) is 29.4 Å². The van der Waals surface area contributed by atoms with Gasteiger partial charge in [0.25, 0.3) is 0 Å². The number of benzene rings is 2. The van der Waals surface area contributed by atoms with E-state index in [-0.39, 0.29) is 11.9 Å². The highest BCUT2D eigenvalue weighted by Crippen LogP contribution is 2.20. The summed E-state index contributed by atoms with van der Waals surface area (Å²) in [6.45, 7) is 2.14. The summed E-state index contributed by atoms with van der Waals surface area (Å²) in [5, 5.41) is 4.25. The summed E-state index contributed by atoms with van der Waals surface area (Å²) in [7, 11) is 0. The molecule has 0 unspecified atom stereocenters. The van der Waals surface area contributed by atoms with E-state index in [4.69, 9.17) is 0 Å². The third-order valence-corrected chi connectivity index (χ3v) is 4.18. The Kier molecular flexibility index (Phi) is 5.22. The minimum atomic E-state index is 0.0375. The highest BCUT2D eigenvalue weighted by atomic mass is 16.1. The zero-order valence-corrected chi connectivity index (χ0v) is 13.9. The maximum atomic E-state index is 12.6. The van der Waals surface area contributed by atoms with Crippen molar-refractivity contribution in [2.75, 3.05) is 0 Å². The Morgan fingerprint density at radius 1 is 1.04 bits per heavy atom. The summed E-state index contributed by atoms with van der Waals surface area (Å²) in [6.07, 6.45) is 4.08. The van der Waals surface area contributed by atoms with E-state index in [1.807, 2.05) is 48.5 Å². The Labute approximate surface area is 142 Å². The van der Waals surface area contributed by atoms with Crippen molar-refractivity contribution in [3.63, 3.8) is 0 Å². The summed E-state index contributed by atoms with van der Waals surface area (Å²) in [4.78, 5) is 17.0. The zero-order valence-electron chi connectivity index (χ0n) is 13.9. The van der Waals surface area contributed by atoms with Crippen LogP contribution >= 0.6 is 0 Å². The molecule has 2 aromatic carbocycles. The molecule has 3 nitrogen and oxygen atoms in total. The molecule has 3 heteroatoms. The van der Waals surface area contributed by atoms with Crippen molar-refractivity contribution in [1.29, 1.82) is 0 Å². The number of rotatable bonds is 6. The first-order chi connectivity index (χ1) is 11.8. The predicted molar refractivity (Wildman–Crippen MR) is 97.7 cm³/mol. The normalized spacial score (nSPS) is 12.0. The lowest BCUT2D eigenvalue weighted by atomic mass is 10.0. The second-order valence-electron chi connectivity index (χ2n) is 5.99. The number of nitrogens with zero attached hydrogens (tertiary/aromatic N) is 1. The lowest BCUT2D eigenvalue weighted by Crippen LogP contribution is -2.29. The molecule has 0 saturated carbocycles. The average Bonchev–Trinajstić information content (AvgIpc) is 2.62. The van der Waals surface area contributed by atoms with Crippen molar-refractivity contribution in [3.05, 3.63) is 78.0 Å². The molecular formula is C21H22N2O. The first-order valence-electron chi connectivity index (χ1n) is 8.45. The minimum absolute atomic E-state index is 0.0375. The summed E-state index contributed by atoms with van der Waals surface area (Å²) >= 11 is 0. The smallest absolute Gasteiger partial charge is 0.224 e. The second kappa shape index (κ2) is 7.73. The fourth-order valence-corrected chi connectivity index (χ4v) is 3.02. The van der Waals surface area contributed by atoms with Crippen molar-refractivity contribution in [1.82, 2.24) is 10.3 Å². The topological polar surface area (TPSA) is 42.0 Å². The van der Waals surface area contributed by atoms with E-state index in [0.29, 0.717) is 6.42 Å². The van der Waals surface area contributed by atoms with E-state index < -0.39 is 0 Å². The molecule has 0 aliphatic carbocycles. The molecule has 0 spiro atoms. The minimum Gasteiger partial charge on any atom is -0.349 e. The molecule has 1 N–H and O–H groups in total. The van der Waals surface area contributed by atoms with Gasteiger partial charge in [-0.3, -0.25) is 9.78 Å². The number of hydrogen-bond donors (Lipinski definition) is 1. The quantitative estimate of drug-likeness (QED) is 0.730. The molecule has 1 amide bonds. The van der Waals surface area contributed by atoms with Crippen LogP contribution in [0, 0.1) is 0 Å². The maximum absolute atomic E-state index is 12.6. The van der Waals surface area contributed by atoms with Gasteiger partial charge in [0.2, 0.25) is 5.91 Å². The first kappa shape index (κ1) is 16.2. The summed E-state index contributed by atoms with van der Waals surface area (Å²) < 4.78 is 0. The molecule has 0 bridgehead atoms. The third kappa shape index (κ3) is 3.80. The van der Waals surface area contributed by atoms with E-state index >= 15 is 0 Å². The highest BCUT2D eigenvalue weighted by molar-refractivity contribution is 5.87. The van der Waals surface area contributed by atoms with Crippen LogP contribution in [0.2, 0.25) is 0 Å². The lowest BCUT2D eigenvalue weighted by Gasteiger charge is -2.19. The number of carbonyl (C=O) groups is 1. The molecule has 122 valence electrons. The number of hydrogen-bond acceptors (Lipinski definition) is 2. The van der Waals surface area contributed by atoms with Gasteiger partial charge in [-0.25, -0.2) is 0 Å². The van der Waals surface area contributed by atoms with Crippen LogP contribution in [0.25, 0.3) is 10.9 Å². The molecule has 3 rings (SSSR count). The fourth-order valence-electron chi connectivity index (χ4n) is 3.02. The van der Waals surface area contributed by atoms with Gasteiger partial charge in [-0.1, -0.05) is 67.9 Å². The molecule has 3 aromatic rings. The van der Waals surface area contributed by atoms with E-state index in [1.54, 1.807) is 6.20 Å². The van der Waals surface area contributed by atoms with Crippen LogP contribution < -0.4 is 5.32 Å². The Balaban J connectivity index is 1.76. The van der Waals surface area contributed by atoms with Gasteiger partial charge in [0.05, 0.1) is 18.0 Å². The molecule has 1 aromatic heterocycles. The first-order valence-corrected chi connectivity index (χ1v) is 8.45. The highest BCUT2D eigenvalue weighted by Gasteiger charge is 2.15. The standard InChI is InChI=1S/C21H22N2O/c1-2-8-19(16-9-4-3-5-10-16)23-20(24)15-18-12-6-11-17-13-7-14-22-21(17)18/h3-7,9-14,19H,2,8,15H2,1H3,(H,23,24)/t19-/m1/s1. The van der Waals surface area contributed by atoms with E-state index in [0.717, 1.165) is 34.9 Å². The number of para-hydroxylation sites is 1. The maximum Gasteiger partial charge on any atom is 0.224 e. The third-order valence-electron chi connectivity index (χ3n) is 4.18. The lowest BCUT2D eigenvalue weighted by molar-refractivity contribution is -0.121. The number of nitrogens with one attached hydrogen (secondary N) is 1. The number of pyridine rings is 1. The molecule has 0 aliphatic rings. The van der Waals surface area contributed by atoms with Crippen molar-refractivity contribution < 1.29 is 4.79 Å². The van der Waals surface area contributed by atoms with Crippen LogP contribution in [0.3, 0.4) is 0 Å². The van der Waals surface area contributed by atoms with Crippen molar-refractivity contribution in [2.24, 2.45) is 0 Å². The van der Waals surface area contributed by atoms with Crippen molar-refractivity contribution in [3.8, 4) is 0 Å². The number of carbonyl (C=O) groups excluding carboxylic acids is 1. The largest absolute Gasteiger partial charge is 0.349 e. The second-order valence-corrected chi connectivity index (χ2v) is 5.99. The predicted octanol–water partition coefficient (Wildman–Crippen LogP) is 4.43. The number of fused-ring (bicyclic) bond motifs is 1. The molecule has 0 radical (unpaired) electrons. The van der Waals surface area contributed by atoms with Gasteiger partial charge >= 0.3 is 0 Å². The summed E-state index contributed by atoms with van der Waals surface area (Å²) in [5.41, 5.74) is 3.03. The van der Waals surface area contributed by atoms with Gasteiger partial charge in [0, 0.05) is 11.6 Å². The Morgan fingerprint density at radius 2 is 1.83 bits per heavy atom. The van der Waals surface area contributed by atoms with E-state index in [9.17, 15) is 4.79 Å². The zero-order chi connectivity index (χ0) is 16.8. The van der Waals surface area contributed by atoms with Crippen LogP contribution in [-0.4, -0.2) is 10.9 Å². The molecule has 1 atom stereocenters. The number of amides is 1. The molecular weight excluding hydrogens is 296 g/mol. The summed E-state index contributed by atoms with van der Waals surface area (Å²) in [5.74, 6) is 0.0375. The van der Waals surface area contributed by atoms with Crippen molar-refractivity contribution in [2.45, 2.75) is 32.2 Å². The van der Waals surface area contributed by atoms with Crippen LogP contribution in [0.1, 0.15) is 36.9 Å². The van der Waals surface area contributed by atoms with Gasteiger partial charge in [-0.2, -0.15) is 0 Å². The molecule has 0 fully saturated rings. The van der Waals surface area contributed by atoms with Crippen LogP contribution in [0.4, 0.5) is 0 Å². The van der Waals surface area contributed by atoms with Gasteiger partial charge in [0.1, 0.15) is 0 Å². The SMILES string of the molecule is CCC[C@@H](NC(=O)Cc1cccc2cccnc12)c1ccccc1. The summed E-state index contributed by atoms with van der Waals surface area (Å²) in [6, 6.07) is 20.1. The number of aromatic nitrogens is 1. The molecule has 0 aliphatic heterocycles. The van der Waals surface area contributed by atoms with Gasteiger partial charge < -0.3 is 5.32 Å². The van der Waals surface area contributed by atoms with Crippen LogP contribution in [-0.2, 0) is 11.2 Å². The molecule has 0 saturated heterocycles. The van der Waals surface area contributed by atoms with Crippen LogP contribution in [0.15, 0.2) is 66.9 Å². The van der Waals surface area contributed by atoms with Crippen molar-refractivity contribution >= 4 is 16.8 Å². The van der Waals surface area contributed by atoms with Gasteiger partial charge in [0.15, 0.2) is 0 Å².